The molecule has 19 rings (SSSR count). The van der Waals surface area contributed by atoms with Gasteiger partial charge in [0.25, 0.3) is 29.4 Å². The van der Waals surface area contributed by atoms with Gasteiger partial charge in [0, 0.05) is 22.3 Å². The van der Waals surface area contributed by atoms with Crippen LogP contribution in [0.3, 0.4) is 0 Å². The van der Waals surface area contributed by atoms with Crippen LogP contribution in [-0.4, -0.2) is 213 Å². The number of carbonyl (C=O) groups is 10. The number of nitrogens with two attached hydrogens (primary N) is 1. The van der Waals surface area contributed by atoms with Gasteiger partial charge in [0.05, 0.1) is 52.6 Å². The van der Waals surface area contributed by atoms with Gasteiger partial charge in [-0.05, 0) is 136 Å². The molecule has 730 valence electrons. The van der Waals surface area contributed by atoms with Crippen LogP contribution in [0.1, 0.15) is 122 Å². The van der Waals surface area contributed by atoms with Crippen molar-refractivity contribution in [2.24, 2.45) is 0 Å². The van der Waals surface area contributed by atoms with E-state index in [-0.39, 0.29) is 156 Å². The van der Waals surface area contributed by atoms with Crippen LogP contribution >= 0.6 is 0 Å². The van der Waals surface area contributed by atoms with Gasteiger partial charge in [-0.1, -0.05) is 182 Å². The first-order chi connectivity index (χ1) is 69.0. The molecule has 3 fully saturated rings. The van der Waals surface area contributed by atoms with E-state index in [4.69, 9.17) is 53.5 Å². The van der Waals surface area contributed by atoms with Crippen LogP contribution in [0.5, 0.6) is 0 Å². The average molecular weight is 2000 g/mol. The largest absolute Gasteiger partial charge is 1.00 e. The number of halogens is 4. The molecule has 6 aromatic heterocycles. The van der Waals surface area contributed by atoms with Gasteiger partial charge in [0.1, 0.15) is 50.1 Å². The summed E-state index contributed by atoms with van der Waals surface area (Å²) in [5.41, 5.74) is 5.90. The summed E-state index contributed by atoms with van der Waals surface area (Å²) in [5, 5.41) is 41.2. The third-order valence-corrected chi connectivity index (χ3v) is 22.4. The van der Waals surface area contributed by atoms with Gasteiger partial charge in [-0.15, -0.1) is 0 Å². The number of aliphatic hydroxyl groups excluding tert-OH is 3. The molecule has 4 amide bonds. The van der Waals surface area contributed by atoms with Gasteiger partial charge in [-0.3, -0.25) is 37.6 Å². The molecular formula is C100H77F4KN16O24. The van der Waals surface area contributed by atoms with Gasteiger partial charge < -0.3 is 78.5 Å². The van der Waals surface area contributed by atoms with Crippen molar-refractivity contribution >= 4 is 116 Å². The summed E-state index contributed by atoms with van der Waals surface area (Å²) < 4.78 is 86.3. The van der Waals surface area contributed by atoms with Gasteiger partial charge in [0.15, 0.2) is 82.6 Å². The maximum atomic E-state index is 15.8. The summed E-state index contributed by atoms with van der Waals surface area (Å²) in [6.07, 6.45) is -15.1. The third-order valence-electron chi connectivity index (χ3n) is 22.4. The summed E-state index contributed by atoms with van der Waals surface area (Å²) >= 11 is 0. The van der Waals surface area contributed by atoms with E-state index in [1.54, 1.807) is 194 Å². The number of benzene rings is 10. The fourth-order valence-electron chi connectivity index (χ4n) is 15.5. The Kier molecular flexibility index (Phi) is 33.9. The molecule has 0 unspecified atom stereocenters. The Morgan fingerprint density at radius 1 is 0.359 bits per heavy atom. The Morgan fingerprint density at radius 2 is 0.621 bits per heavy atom. The molecule has 45 heteroatoms. The van der Waals surface area contributed by atoms with Crippen molar-refractivity contribution in [1.82, 2.24) is 58.6 Å². The van der Waals surface area contributed by atoms with Crippen LogP contribution in [0, 0.1) is 22.3 Å². The molecular weight excluding hydrogens is 1920 g/mol. The summed E-state index contributed by atoms with van der Waals surface area (Å²) in [6.45, 7) is -1.50. The molecule has 0 radical (unpaired) electrons. The maximum absolute atomic E-state index is 15.8. The Bertz CT molecular complexity index is 7250. The van der Waals surface area contributed by atoms with Crippen molar-refractivity contribution in [2.75, 3.05) is 35.4 Å². The second-order valence-corrected chi connectivity index (χ2v) is 31.4. The zero-order valence-corrected chi connectivity index (χ0v) is 78.5. The monoisotopic (exact) mass is 2000 g/mol. The molecule has 0 saturated carbocycles. The molecule has 9 heterocycles. The van der Waals surface area contributed by atoms with Crippen LogP contribution in [-0.2, 0) is 42.6 Å². The standard InChI is InChI=1S/C45H32FN5O9.C45H32N6O11.C10H12FN5O4.2FH.K/c46-45-48-37-34(38(49-45)51(39(52)28-16-6-1-7-17-28)40(53)29-18-8-2-9-19-29)47-27-50(37)41-36(60-44(56)32-24-14-5-15-25-32)35(59-43(55)31-22-12-4-13-23-31)33(58-41)26-57-42(54)30-20-10-3-11-21-30;52-39(28-16-6-1-7-17-28)50(40(53)29-18-8-2-9-19-29)38-34-37(47-45(48-38)51(57)58)49(27-46-34)41-36(62-44(56)32-24-14-5-15-25-32)35(61-43(55)31-22-12-4-13-23-31)33(60-41)26-59-42(54)30-20-10-3-11-21-30;11-10-14-7(12)4-8(15-10)16(2-13-4)9-6(19)5(18)3(1-17)20-9;;;/h1-25,27,33,35-36,41H,26H2;1-25,27,33,35-36,41H,26H2;2-3,5-6,9,17-19H,1H2,(H2,12,14,15);2*1H;/q;;;;;+1/p-1/t2*33-,35-,36-,41-;3-,5-,6-,9-;;;/m111.../s1/i46-1;;11-1;1-1;;. The molecule has 145 heavy (non-hydrogen) atoms. The van der Waals surface area contributed by atoms with E-state index in [0.29, 0.717) is 9.80 Å². The van der Waals surface area contributed by atoms with E-state index in [9.17, 15) is 72.7 Å². The number of aromatic nitrogens is 12. The fraction of sp³-hybridized carbons (Fsp3) is 0.150. The molecule has 0 aliphatic carbocycles. The van der Waals surface area contributed by atoms with Gasteiger partial charge in [0.2, 0.25) is 5.65 Å². The van der Waals surface area contributed by atoms with E-state index in [2.05, 4.69) is 44.9 Å². The number of fused-ring (bicyclic) bond motifs is 3. The van der Waals surface area contributed by atoms with Crippen LogP contribution < -0.4 is 71.6 Å². The second kappa shape index (κ2) is 47.2. The molecule has 12 atom stereocenters. The first-order valence-corrected chi connectivity index (χ1v) is 43.3. The van der Waals surface area contributed by atoms with Crippen LogP contribution in [0.15, 0.2) is 322 Å². The fourth-order valence-corrected chi connectivity index (χ4v) is 15.5. The van der Waals surface area contributed by atoms with Gasteiger partial charge >= 0.3 is 105 Å². The minimum atomic E-state index is -1.57. The number of hydrogen-bond acceptors (Lipinski definition) is 34. The normalized spacial score (nSPS) is 18.4. The van der Waals surface area contributed by atoms with Gasteiger partial charge in [-0.25, -0.2) is 53.5 Å². The van der Waals surface area contributed by atoms with Crippen molar-refractivity contribution in [2.45, 2.75) is 73.6 Å². The zero-order valence-electron chi connectivity index (χ0n) is 75.4. The number of esters is 6. The minimum absolute atomic E-state index is 0. The number of anilines is 3. The molecule has 16 aromatic rings. The van der Waals surface area contributed by atoms with Crippen molar-refractivity contribution < 1.29 is 180 Å². The SMILES string of the molecule is F.Nc1nc([18F])nc2c1ncn2[C@@H]1O[C@H](CO)[C@@H](O)[C@H]1O.O=C(OC[C@H]1O[C@@H](n2cnc3c(N(C(=O)c4ccccc4)C(=O)c4ccccc4)nc([18F])nc32)[C@H](OC(=O)c2ccccc2)[C@@H]1OC(=O)c1ccccc1)c1ccccc1.O=C(OC[C@H]1O[C@@H](n2cnc3c(N(C(=O)c4ccccc4)C(=O)c4ccccc4)nc([N+](=O)[O-])nc32)[C@H](OC(=O)c2ccccc2)[C@@H]1OC(=O)c1ccccc1)c1ccccc1.[18F-].[K+]. The number of carbonyl (C=O) groups excluding carboxylic acids is 10. The number of ether oxygens (including phenoxy) is 9. The van der Waals surface area contributed by atoms with E-state index < -0.39 is 188 Å². The number of imide groups is 2. The number of nitrogens with zero attached hydrogens (tertiary/aromatic N) is 15. The Hall–Kier alpha value is -16.7. The number of hydrogen-bond donors (Lipinski definition) is 4. The topological polar surface area (TPSA) is 521 Å². The van der Waals surface area contributed by atoms with Crippen LogP contribution in [0.4, 0.5) is 36.9 Å². The summed E-state index contributed by atoms with van der Waals surface area (Å²) in [7, 11) is 0. The Labute approximate surface area is 858 Å². The molecule has 3 saturated heterocycles. The van der Waals surface area contributed by atoms with Crippen molar-refractivity contribution in [1.29, 1.82) is 0 Å². The Balaban J connectivity index is 0.000000189. The number of rotatable bonds is 25. The van der Waals surface area contributed by atoms with Crippen LogP contribution in [0.2, 0.25) is 0 Å². The second-order valence-electron chi connectivity index (χ2n) is 31.4. The van der Waals surface area contributed by atoms with Crippen molar-refractivity contribution in [3.8, 4) is 0 Å². The number of nitro groups is 1. The quantitative estimate of drug-likeness (QED) is 0.00812. The van der Waals surface area contributed by atoms with Gasteiger partial charge in [-0.2, -0.15) is 28.7 Å². The average Bonchev–Trinajstić information content (AvgIpc) is 1.63. The third kappa shape index (κ3) is 23.1. The predicted molar refractivity (Wildman–Crippen MR) is 494 cm³/mol. The van der Waals surface area contributed by atoms with Crippen LogP contribution in [0.25, 0.3) is 33.5 Å². The molecule has 3 aliphatic heterocycles. The van der Waals surface area contributed by atoms with E-state index in [0.717, 1.165) is 10.9 Å². The molecule has 0 spiro atoms. The van der Waals surface area contributed by atoms with E-state index in [1.165, 1.54) is 131 Å². The number of aliphatic hydroxyl groups is 3. The summed E-state index contributed by atoms with van der Waals surface area (Å²) in [6, 6.07) is 79.3. The zero-order chi connectivity index (χ0) is 99.2. The molecule has 5 N–H and O–H groups in total. The summed E-state index contributed by atoms with van der Waals surface area (Å²) in [5.74, 6) is -10.5. The van der Waals surface area contributed by atoms with E-state index in [1.807, 2.05) is 0 Å². The molecule has 40 nitrogen and oxygen atoms in total. The molecule has 10 aromatic carbocycles. The predicted octanol–water partition coefficient (Wildman–Crippen LogP) is 5.41. The number of imidazole rings is 3. The Morgan fingerprint density at radius 3 is 0.931 bits per heavy atom. The molecule has 0 bridgehead atoms. The number of nitrogen functional groups attached to an aromatic ring is 1. The van der Waals surface area contributed by atoms with E-state index >= 15 is 4.39 Å². The minimum Gasteiger partial charge on any atom is -1.00 e. The van der Waals surface area contributed by atoms with Crippen molar-refractivity contribution in [3.63, 3.8) is 0 Å². The first kappa shape index (κ1) is 104. The smallest absolute Gasteiger partial charge is 1.00 e. The first-order valence-electron chi connectivity index (χ1n) is 43.3. The molecule has 3 aliphatic rings. The number of amides is 4. The summed E-state index contributed by atoms with van der Waals surface area (Å²) in [4.78, 5) is 187. The maximum Gasteiger partial charge on any atom is 1.00 e. The van der Waals surface area contributed by atoms with Crippen molar-refractivity contribution in [3.05, 3.63) is 400 Å².